The Morgan fingerprint density at radius 1 is 0.875 bits per heavy atom. The first-order valence-corrected chi connectivity index (χ1v) is 13.2. The van der Waals surface area contributed by atoms with E-state index in [9.17, 15) is 19.2 Å². The maximum Gasteiger partial charge on any atom is 0.303 e. The van der Waals surface area contributed by atoms with Gasteiger partial charge in [-0.3, -0.25) is 19.2 Å². The molecule has 0 radical (unpaired) electrons. The van der Waals surface area contributed by atoms with E-state index in [1.807, 2.05) is 36.4 Å². The van der Waals surface area contributed by atoms with Crippen molar-refractivity contribution in [3.05, 3.63) is 63.7 Å². The van der Waals surface area contributed by atoms with Gasteiger partial charge in [0.05, 0.1) is 11.6 Å². The summed E-state index contributed by atoms with van der Waals surface area (Å²) in [4.78, 5) is 48.2. The maximum absolute atomic E-state index is 12.3. The summed E-state index contributed by atoms with van der Waals surface area (Å²) in [6, 6.07) is 11.6. The standard InChI is InChI=1S/C29H31ClO10/c1-15(31)36-14-23-27(37-16(2)32)29(39-18(4)34)28(38-17(3)33)26(40-23)22-13-20(12-19-8-6-5-7-9-19)24(30)25-21(22)10-11-35-25/h5-9,13,23,26-29H,10-12,14H2,1-4H3/t23-,26+,27-,28+,29+/m1/s1. The predicted octanol–water partition coefficient (Wildman–Crippen LogP) is 3.66. The Hall–Kier alpha value is -3.63. The van der Waals surface area contributed by atoms with Gasteiger partial charge in [-0.05, 0) is 23.1 Å². The molecule has 0 spiro atoms. The molecule has 2 aliphatic heterocycles. The third-order valence-corrected chi connectivity index (χ3v) is 6.98. The summed E-state index contributed by atoms with van der Waals surface area (Å²) in [6.45, 7) is 4.88. The van der Waals surface area contributed by atoms with Crippen LogP contribution in [0.2, 0.25) is 5.02 Å². The van der Waals surface area contributed by atoms with Crippen LogP contribution in [0.15, 0.2) is 36.4 Å². The van der Waals surface area contributed by atoms with Crippen LogP contribution < -0.4 is 4.74 Å². The Bertz CT molecular complexity index is 1280. The highest BCUT2D eigenvalue weighted by Gasteiger charge is 2.53. The summed E-state index contributed by atoms with van der Waals surface area (Å²) in [5, 5.41) is 0.464. The quantitative estimate of drug-likeness (QED) is 0.341. The zero-order chi connectivity index (χ0) is 29.0. The second-order valence-corrected chi connectivity index (χ2v) is 10.0. The van der Waals surface area contributed by atoms with Crippen molar-refractivity contribution in [2.45, 2.75) is 71.1 Å². The zero-order valence-electron chi connectivity index (χ0n) is 22.6. The summed E-state index contributed by atoms with van der Waals surface area (Å²) in [6.07, 6.45) is -4.80. The highest BCUT2D eigenvalue weighted by atomic mass is 35.5. The van der Waals surface area contributed by atoms with Gasteiger partial charge in [0.2, 0.25) is 0 Å². The maximum atomic E-state index is 12.3. The summed E-state index contributed by atoms with van der Waals surface area (Å²) in [5.74, 6) is -2.14. The monoisotopic (exact) mass is 574 g/mol. The summed E-state index contributed by atoms with van der Waals surface area (Å²) < 4.78 is 34.3. The molecular weight excluding hydrogens is 544 g/mol. The van der Waals surface area contributed by atoms with Crippen molar-refractivity contribution >= 4 is 35.5 Å². The topological polar surface area (TPSA) is 124 Å². The largest absolute Gasteiger partial charge is 0.491 e. The molecule has 0 aliphatic carbocycles. The summed E-state index contributed by atoms with van der Waals surface area (Å²) in [5.41, 5.74) is 3.12. The predicted molar refractivity (Wildman–Crippen MR) is 141 cm³/mol. The number of rotatable bonds is 8. The first kappa shape index (κ1) is 29.4. The molecule has 1 fully saturated rings. The lowest BCUT2D eigenvalue weighted by molar-refractivity contribution is -0.254. The lowest BCUT2D eigenvalue weighted by Gasteiger charge is -2.45. The Labute approximate surface area is 236 Å². The minimum absolute atomic E-state index is 0.308. The van der Waals surface area contributed by atoms with Crippen molar-refractivity contribution in [3.63, 3.8) is 0 Å². The Balaban J connectivity index is 1.85. The molecule has 2 aromatic rings. The SMILES string of the molecule is CC(=O)OC[C@H]1O[C@@H](c2cc(Cc3ccccc3)c(Cl)c3c2CCO3)[C@H](OC(C)=O)[C@@H](OC(C)=O)[C@@H]1OC(C)=O. The summed E-state index contributed by atoms with van der Waals surface area (Å²) >= 11 is 6.79. The van der Waals surface area contributed by atoms with Crippen LogP contribution in [0.3, 0.4) is 0 Å². The Kier molecular flexibility index (Phi) is 9.32. The highest BCUT2D eigenvalue weighted by Crippen LogP contribution is 2.46. The highest BCUT2D eigenvalue weighted by molar-refractivity contribution is 6.33. The van der Waals surface area contributed by atoms with E-state index in [4.69, 9.17) is 40.0 Å². The molecule has 0 amide bonds. The van der Waals surface area contributed by atoms with E-state index >= 15 is 0 Å². The second-order valence-electron chi connectivity index (χ2n) is 9.63. The molecule has 11 heteroatoms. The first-order valence-electron chi connectivity index (χ1n) is 12.9. The van der Waals surface area contributed by atoms with Gasteiger partial charge < -0.3 is 28.4 Å². The second kappa shape index (κ2) is 12.7. The van der Waals surface area contributed by atoms with E-state index in [0.29, 0.717) is 35.8 Å². The molecule has 2 aromatic carbocycles. The van der Waals surface area contributed by atoms with Crippen LogP contribution in [0.25, 0.3) is 0 Å². The Morgan fingerprint density at radius 2 is 1.50 bits per heavy atom. The Morgan fingerprint density at radius 3 is 2.12 bits per heavy atom. The molecule has 0 saturated carbocycles. The third-order valence-electron chi connectivity index (χ3n) is 6.57. The van der Waals surface area contributed by atoms with Crippen molar-refractivity contribution in [1.29, 1.82) is 0 Å². The molecule has 5 atom stereocenters. The average molecular weight is 575 g/mol. The van der Waals surface area contributed by atoms with Crippen molar-refractivity contribution in [2.75, 3.05) is 13.2 Å². The number of halogens is 1. The minimum Gasteiger partial charge on any atom is -0.491 e. The van der Waals surface area contributed by atoms with Gasteiger partial charge in [-0.2, -0.15) is 0 Å². The molecule has 10 nitrogen and oxygen atoms in total. The molecule has 0 aromatic heterocycles. The molecule has 40 heavy (non-hydrogen) atoms. The minimum atomic E-state index is -1.27. The normalized spacial score (nSPS) is 23.4. The van der Waals surface area contributed by atoms with Crippen LogP contribution in [-0.2, 0) is 55.7 Å². The van der Waals surface area contributed by atoms with Crippen LogP contribution in [0.4, 0.5) is 0 Å². The number of benzene rings is 2. The number of hydrogen-bond acceptors (Lipinski definition) is 10. The van der Waals surface area contributed by atoms with E-state index in [-0.39, 0.29) is 6.61 Å². The number of ether oxygens (including phenoxy) is 6. The fraction of sp³-hybridized carbons (Fsp3) is 0.448. The van der Waals surface area contributed by atoms with Crippen LogP contribution >= 0.6 is 11.6 Å². The molecule has 0 unspecified atom stereocenters. The molecule has 214 valence electrons. The fourth-order valence-electron chi connectivity index (χ4n) is 5.09. The molecule has 4 rings (SSSR count). The molecule has 2 heterocycles. The zero-order valence-corrected chi connectivity index (χ0v) is 23.4. The van der Waals surface area contributed by atoms with Gasteiger partial charge in [0.1, 0.15) is 24.6 Å². The van der Waals surface area contributed by atoms with Gasteiger partial charge in [0.15, 0.2) is 18.3 Å². The van der Waals surface area contributed by atoms with Gasteiger partial charge in [-0.25, -0.2) is 0 Å². The number of esters is 4. The van der Waals surface area contributed by atoms with E-state index in [0.717, 1.165) is 16.7 Å². The average Bonchev–Trinajstić information content (AvgIpc) is 3.37. The van der Waals surface area contributed by atoms with Crippen LogP contribution in [0.1, 0.15) is 56.1 Å². The lowest BCUT2D eigenvalue weighted by atomic mass is 9.86. The molecule has 0 N–H and O–H groups in total. The van der Waals surface area contributed by atoms with Crippen molar-refractivity contribution in [3.8, 4) is 5.75 Å². The lowest BCUT2D eigenvalue weighted by Crippen LogP contribution is -2.59. The van der Waals surface area contributed by atoms with Gasteiger partial charge in [0, 0.05) is 39.7 Å². The van der Waals surface area contributed by atoms with Gasteiger partial charge in [0.25, 0.3) is 0 Å². The smallest absolute Gasteiger partial charge is 0.303 e. The van der Waals surface area contributed by atoms with Crippen LogP contribution in [-0.4, -0.2) is 61.5 Å². The van der Waals surface area contributed by atoms with Gasteiger partial charge in [-0.15, -0.1) is 0 Å². The number of carbonyl (C=O) groups is 4. The van der Waals surface area contributed by atoms with E-state index in [1.54, 1.807) is 0 Å². The molecule has 1 saturated heterocycles. The van der Waals surface area contributed by atoms with Gasteiger partial charge >= 0.3 is 23.9 Å². The number of fused-ring (bicyclic) bond motifs is 1. The van der Waals surface area contributed by atoms with Crippen LogP contribution in [0.5, 0.6) is 5.75 Å². The molecular formula is C29H31ClO10. The fourth-order valence-corrected chi connectivity index (χ4v) is 5.38. The van der Waals surface area contributed by atoms with E-state index in [2.05, 4.69) is 0 Å². The van der Waals surface area contributed by atoms with Crippen molar-refractivity contribution in [1.82, 2.24) is 0 Å². The summed E-state index contributed by atoms with van der Waals surface area (Å²) in [7, 11) is 0. The van der Waals surface area contributed by atoms with Crippen molar-refractivity contribution in [2.24, 2.45) is 0 Å². The van der Waals surface area contributed by atoms with Gasteiger partial charge in [-0.1, -0.05) is 48.0 Å². The van der Waals surface area contributed by atoms with E-state index < -0.39 is 54.4 Å². The third kappa shape index (κ3) is 6.74. The van der Waals surface area contributed by atoms with Crippen molar-refractivity contribution < 1.29 is 47.6 Å². The number of hydrogen-bond donors (Lipinski definition) is 0. The van der Waals surface area contributed by atoms with Crippen LogP contribution in [0, 0.1) is 0 Å². The van der Waals surface area contributed by atoms with E-state index in [1.165, 1.54) is 27.7 Å². The number of carbonyl (C=O) groups excluding carboxylic acids is 4. The molecule has 2 aliphatic rings. The first-order chi connectivity index (χ1) is 19.0. The molecule has 0 bridgehead atoms.